The average molecular weight is 413 g/mol. The average Bonchev–Trinajstić information content (AvgIpc) is 2.48. The molecule has 0 aliphatic heterocycles. The van der Waals surface area contributed by atoms with Gasteiger partial charge < -0.3 is 4.74 Å². The number of ether oxygens (including phenoxy) is 1. The molecular formula is C17H20INO3. The summed E-state index contributed by atoms with van der Waals surface area (Å²) in [6, 6.07) is 5.39. The van der Waals surface area contributed by atoms with Gasteiger partial charge in [-0.1, -0.05) is 19.9 Å². The van der Waals surface area contributed by atoms with Crippen molar-refractivity contribution in [3.63, 3.8) is 0 Å². The molecule has 1 fully saturated rings. The molecule has 2 rings (SSSR count). The van der Waals surface area contributed by atoms with Gasteiger partial charge in [0.2, 0.25) is 0 Å². The number of carbonyl (C=O) groups is 2. The predicted octanol–water partition coefficient (Wildman–Crippen LogP) is 4.18. The maximum atomic E-state index is 11.8. The van der Waals surface area contributed by atoms with E-state index in [1.165, 1.54) is 7.11 Å². The van der Waals surface area contributed by atoms with E-state index in [0.29, 0.717) is 30.2 Å². The summed E-state index contributed by atoms with van der Waals surface area (Å²) in [4.78, 5) is 28.3. The fourth-order valence-electron chi connectivity index (χ4n) is 2.77. The molecule has 0 heterocycles. The second-order valence-corrected chi connectivity index (χ2v) is 6.92. The summed E-state index contributed by atoms with van der Waals surface area (Å²) in [6.45, 7) is 4.32. The van der Waals surface area contributed by atoms with Crippen LogP contribution in [-0.4, -0.2) is 24.6 Å². The van der Waals surface area contributed by atoms with Crippen molar-refractivity contribution in [3.8, 4) is 0 Å². The van der Waals surface area contributed by atoms with Crippen LogP contribution in [0.15, 0.2) is 23.2 Å². The minimum absolute atomic E-state index is 0.245. The number of ketones is 1. The van der Waals surface area contributed by atoms with Crippen molar-refractivity contribution >= 4 is 45.7 Å². The van der Waals surface area contributed by atoms with Gasteiger partial charge in [0, 0.05) is 24.5 Å². The number of esters is 1. The summed E-state index contributed by atoms with van der Waals surface area (Å²) in [5.41, 5.74) is 2.18. The molecule has 0 bridgehead atoms. The summed E-state index contributed by atoms with van der Waals surface area (Å²) in [7, 11) is 1.37. The van der Waals surface area contributed by atoms with Crippen molar-refractivity contribution in [2.24, 2.45) is 16.8 Å². The molecule has 1 aromatic carbocycles. The molecule has 1 atom stereocenters. The number of halogens is 1. The van der Waals surface area contributed by atoms with E-state index in [1.54, 1.807) is 12.1 Å². The second kappa shape index (κ2) is 7.35. The van der Waals surface area contributed by atoms with Crippen LogP contribution in [0.5, 0.6) is 0 Å². The highest BCUT2D eigenvalue weighted by Crippen LogP contribution is 2.31. The van der Waals surface area contributed by atoms with Gasteiger partial charge in [0.15, 0.2) is 0 Å². The van der Waals surface area contributed by atoms with Crippen LogP contribution in [0.25, 0.3) is 0 Å². The molecule has 0 radical (unpaired) electrons. The molecule has 4 nitrogen and oxygen atoms in total. The lowest BCUT2D eigenvalue weighted by molar-refractivity contribution is -0.118. The van der Waals surface area contributed by atoms with Gasteiger partial charge in [0.05, 0.1) is 21.9 Å². The van der Waals surface area contributed by atoms with E-state index in [1.807, 2.05) is 6.07 Å². The summed E-state index contributed by atoms with van der Waals surface area (Å²) < 4.78 is 5.56. The SMILES string of the molecule is COC(=O)c1cccc(N=C2CC(=O)CCC2C(C)C)c1I. The van der Waals surface area contributed by atoms with Gasteiger partial charge in [0.1, 0.15) is 5.78 Å². The third-order valence-corrected chi connectivity index (χ3v) is 5.13. The van der Waals surface area contributed by atoms with E-state index < -0.39 is 0 Å². The van der Waals surface area contributed by atoms with Crippen molar-refractivity contribution in [1.82, 2.24) is 0 Å². The maximum absolute atomic E-state index is 11.8. The van der Waals surface area contributed by atoms with Gasteiger partial charge in [-0.2, -0.15) is 0 Å². The van der Waals surface area contributed by atoms with Crippen molar-refractivity contribution < 1.29 is 14.3 Å². The number of aliphatic imine (C=N–C) groups is 1. The lowest BCUT2D eigenvalue weighted by Gasteiger charge is -2.26. The van der Waals surface area contributed by atoms with Crippen molar-refractivity contribution in [3.05, 3.63) is 27.3 Å². The smallest absolute Gasteiger partial charge is 0.339 e. The molecule has 0 N–H and O–H groups in total. The molecule has 118 valence electrons. The standard InChI is InChI=1S/C17H20INO3/c1-10(2)12-8-7-11(20)9-15(12)19-14-6-4-5-13(16(14)18)17(21)22-3/h4-6,10,12H,7-9H2,1-3H3. The lowest BCUT2D eigenvalue weighted by atomic mass is 9.79. The normalized spacial score (nSPS) is 20.5. The molecule has 22 heavy (non-hydrogen) atoms. The van der Waals surface area contributed by atoms with Crippen LogP contribution in [-0.2, 0) is 9.53 Å². The molecule has 1 aliphatic carbocycles. The van der Waals surface area contributed by atoms with E-state index in [0.717, 1.165) is 21.4 Å². The zero-order valence-corrected chi connectivity index (χ0v) is 15.2. The number of Topliss-reactive ketones (excluding diaryl/α,β-unsaturated/α-hetero) is 1. The second-order valence-electron chi connectivity index (χ2n) is 5.84. The number of rotatable bonds is 3. The molecule has 1 unspecified atom stereocenters. The van der Waals surface area contributed by atoms with Crippen LogP contribution in [0.2, 0.25) is 0 Å². The van der Waals surface area contributed by atoms with E-state index in [2.05, 4.69) is 36.4 Å². The van der Waals surface area contributed by atoms with Gasteiger partial charge in [-0.05, 0) is 47.1 Å². The summed E-state index contributed by atoms with van der Waals surface area (Å²) in [6.07, 6.45) is 1.92. The molecule has 0 saturated heterocycles. The number of hydrogen-bond acceptors (Lipinski definition) is 4. The Balaban J connectivity index is 2.42. The molecule has 0 amide bonds. The van der Waals surface area contributed by atoms with Crippen molar-refractivity contribution in [2.45, 2.75) is 33.1 Å². The largest absolute Gasteiger partial charge is 0.465 e. The molecule has 0 spiro atoms. The maximum Gasteiger partial charge on any atom is 0.339 e. The van der Waals surface area contributed by atoms with E-state index >= 15 is 0 Å². The van der Waals surface area contributed by atoms with Crippen LogP contribution in [0, 0.1) is 15.4 Å². The molecule has 0 aromatic heterocycles. The zero-order valence-electron chi connectivity index (χ0n) is 13.1. The first-order valence-corrected chi connectivity index (χ1v) is 8.48. The third kappa shape index (κ3) is 3.74. The minimum Gasteiger partial charge on any atom is -0.465 e. The Morgan fingerprint density at radius 1 is 1.41 bits per heavy atom. The third-order valence-electron chi connectivity index (χ3n) is 3.99. The van der Waals surface area contributed by atoms with Gasteiger partial charge >= 0.3 is 5.97 Å². The van der Waals surface area contributed by atoms with Crippen LogP contribution in [0.3, 0.4) is 0 Å². The number of carbonyl (C=O) groups excluding carboxylic acids is 2. The monoisotopic (exact) mass is 413 g/mol. The fraction of sp³-hybridized carbons (Fsp3) is 0.471. The van der Waals surface area contributed by atoms with Crippen molar-refractivity contribution in [2.75, 3.05) is 7.11 Å². The molecule has 1 aromatic rings. The highest BCUT2D eigenvalue weighted by atomic mass is 127. The lowest BCUT2D eigenvalue weighted by Crippen LogP contribution is -2.28. The van der Waals surface area contributed by atoms with E-state index in [4.69, 9.17) is 9.73 Å². The molecule has 1 aliphatic rings. The quantitative estimate of drug-likeness (QED) is 0.552. The van der Waals surface area contributed by atoms with Gasteiger partial charge in [0.25, 0.3) is 0 Å². The molecular weight excluding hydrogens is 393 g/mol. The highest BCUT2D eigenvalue weighted by molar-refractivity contribution is 14.1. The van der Waals surface area contributed by atoms with Gasteiger partial charge in [-0.15, -0.1) is 0 Å². The Hall–Kier alpha value is -1.24. The van der Waals surface area contributed by atoms with Crippen molar-refractivity contribution in [1.29, 1.82) is 0 Å². The summed E-state index contributed by atoms with van der Waals surface area (Å²) in [5.74, 6) is 0.657. The first-order valence-electron chi connectivity index (χ1n) is 7.40. The number of methoxy groups -OCH3 is 1. The molecule has 1 saturated carbocycles. The van der Waals surface area contributed by atoms with Crippen LogP contribution in [0.1, 0.15) is 43.5 Å². The highest BCUT2D eigenvalue weighted by Gasteiger charge is 2.28. The molecule has 5 heteroatoms. The number of benzene rings is 1. The van der Waals surface area contributed by atoms with Gasteiger partial charge in [-0.3, -0.25) is 9.79 Å². The number of hydrogen-bond donors (Lipinski definition) is 0. The fourth-order valence-corrected chi connectivity index (χ4v) is 3.47. The zero-order chi connectivity index (χ0) is 16.3. The Kier molecular flexibility index (Phi) is 5.72. The first kappa shape index (κ1) is 17.1. The number of nitrogens with zero attached hydrogens (tertiary/aromatic N) is 1. The minimum atomic E-state index is -0.369. The predicted molar refractivity (Wildman–Crippen MR) is 94.8 cm³/mol. The Morgan fingerprint density at radius 3 is 2.77 bits per heavy atom. The van der Waals surface area contributed by atoms with Crippen LogP contribution >= 0.6 is 22.6 Å². The Morgan fingerprint density at radius 2 is 2.14 bits per heavy atom. The van der Waals surface area contributed by atoms with Crippen LogP contribution < -0.4 is 0 Å². The Bertz CT molecular complexity index is 622. The van der Waals surface area contributed by atoms with Gasteiger partial charge in [-0.25, -0.2) is 4.79 Å². The van der Waals surface area contributed by atoms with E-state index in [-0.39, 0.29) is 11.8 Å². The summed E-state index contributed by atoms with van der Waals surface area (Å²) >= 11 is 2.11. The topological polar surface area (TPSA) is 55.7 Å². The van der Waals surface area contributed by atoms with E-state index in [9.17, 15) is 9.59 Å². The first-order chi connectivity index (χ1) is 10.4. The Labute approximate surface area is 144 Å². The van der Waals surface area contributed by atoms with Crippen LogP contribution in [0.4, 0.5) is 5.69 Å². The summed E-state index contributed by atoms with van der Waals surface area (Å²) in [5, 5.41) is 0.